The molecule has 0 heterocycles. The summed E-state index contributed by atoms with van der Waals surface area (Å²) in [4.78, 5) is 11.7. The van der Waals surface area contributed by atoms with Gasteiger partial charge in [-0.1, -0.05) is 6.07 Å². The minimum Gasteiger partial charge on any atom is -0.457 e. The fourth-order valence-electron chi connectivity index (χ4n) is 1.80. The second-order valence-corrected chi connectivity index (χ2v) is 5.30. The molecule has 0 atom stereocenters. The van der Waals surface area contributed by atoms with Crippen molar-refractivity contribution in [1.29, 1.82) is 0 Å². The molecule has 134 valence electrons. The summed E-state index contributed by atoms with van der Waals surface area (Å²) in [5, 5.41) is 11.3. The lowest BCUT2D eigenvalue weighted by molar-refractivity contribution is -0.137. The van der Waals surface area contributed by atoms with Gasteiger partial charge in [0.15, 0.2) is 5.66 Å². The van der Waals surface area contributed by atoms with Crippen LogP contribution in [0.3, 0.4) is 0 Å². The van der Waals surface area contributed by atoms with E-state index >= 15 is 0 Å². The number of carbonyl (C=O) groups excluding carboxylic acids is 1. The molecule has 0 bridgehead atoms. The lowest BCUT2D eigenvalue weighted by Gasteiger charge is -2.20. The van der Waals surface area contributed by atoms with Gasteiger partial charge in [-0.05, 0) is 42.5 Å². The smallest absolute Gasteiger partial charge is 0.416 e. The molecule has 0 aliphatic carbocycles. The summed E-state index contributed by atoms with van der Waals surface area (Å²) in [5.74, 6) is -0.498. The Labute approximate surface area is 141 Å². The number of ether oxygens (including phenoxy) is 1. The third-order valence-corrected chi connectivity index (χ3v) is 3.19. The van der Waals surface area contributed by atoms with Crippen molar-refractivity contribution in [2.45, 2.75) is 11.8 Å². The van der Waals surface area contributed by atoms with Crippen LogP contribution in [0, 0.1) is 0 Å². The molecule has 9 heteroatoms. The summed E-state index contributed by atoms with van der Waals surface area (Å²) in [6.45, 7) is -0.741. The molecule has 0 fully saturated rings. The van der Waals surface area contributed by atoms with Gasteiger partial charge in [0, 0.05) is 5.69 Å². The Morgan fingerprint density at radius 1 is 1.08 bits per heavy atom. The van der Waals surface area contributed by atoms with E-state index in [1.807, 2.05) is 0 Å². The van der Waals surface area contributed by atoms with E-state index in [1.165, 1.54) is 36.4 Å². The Balaban J connectivity index is 2.07. The Bertz CT molecular complexity index is 746. The molecule has 1 amide bonds. The van der Waals surface area contributed by atoms with Gasteiger partial charge in [0.25, 0.3) is 5.91 Å². The second-order valence-electron chi connectivity index (χ2n) is 5.30. The van der Waals surface area contributed by atoms with Gasteiger partial charge in [-0.2, -0.15) is 13.2 Å². The van der Waals surface area contributed by atoms with Crippen LogP contribution >= 0.6 is 0 Å². The SMILES string of the molecule is NC(N)(CO)C(=O)Nc1ccc(Oc2cccc(C(F)(F)F)c2)cc1. The van der Waals surface area contributed by atoms with Crippen LogP contribution < -0.4 is 21.5 Å². The van der Waals surface area contributed by atoms with Gasteiger partial charge in [0.2, 0.25) is 0 Å². The molecule has 0 aliphatic heterocycles. The molecular weight excluding hydrogens is 339 g/mol. The largest absolute Gasteiger partial charge is 0.457 e. The van der Waals surface area contributed by atoms with Crippen LogP contribution in [0.1, 0.15) is 5.56 Å². The minimum absolute atomic E-state index is 0.0230. The molecule has 2 aromatic rings. The number of halogens is 3. The van der Waals surface area contributed by atoms with Crippen LogP contribution in [0.25, 0.3) is 0 Å². The lowest BCUT2D eigenvalue weighted by Crippen LogP contribution is -2.61. The number of aliphatic hydroxyl groups excluding tert-OH is 1. The number of carbonyl (C=O) groups is 1. The quantitative estimate of drug-likeness (QED) is 0.614. The molecule has 0 aromatic heterocycles. The maximum Gasteiger partial charge on any atom is 0.416 e. The van der Waals surface area contributed by atoms with Gasteiger partial charge in [-0.25, -0.2) is 0 Å². The highest BCUT2D eigenvalue weighted by Crippen LogP contribution is 2.32. The van der Waals surface area contributed by atoms with Gasteiger partial charge in [0.1, 0.15) is 11.5 Å². The van der Waals surface area contributed by atoms with Crippen LogP contribution in [0.15, 0.2) is 48.5 Å². The highest BCUT2D eigenvalue weighted by molar-refractivity contribution is 5.97. The van der Waals surface area contributed by atoms with Gasteiger partial charge < -0.3 is 26.6 Å². The van der Waals surface area contributed by atoms with Gasteiger partial charge >= 0.3 is 6.18 Å². The summed E-state index contributed by atoms with van der Waals surface area (Å²) in [6, 6.07) is 10.3. The molecule has 0 saturated heterocycles. The van der Waals surface area contributed by atoms with Crippen molar-refractivity contribution in [2.75, 3.05) is 11.9 Å². The van der Waals surface area contributed by atoms with Gasteiger partial charge in [-0.3, -0.25) is 4.79 Å². The summed E-state index contributed by atoms with van der Waals surface area (Å²) in [6.07, 6.45) is -4.46. The average molecular weight is 355 g/mol. The topological polar surface area (TPSA) is 111 Å². The fourth-order valence-corrected chi connectivity index (χ4v) is 1.80. The van der Waals surface area contributed by atoms with Crippen molar-refractivity contribution in [3.8, 4) is 11.5 Å². The molecule has 2 aromatic carbocycles. The summed E-state index contributed by atoms with van der Waals surface area (Å²) >= 11 is 0. The summed E-state index contributed by atoms with van der Waals surface area (Å²) in [5.41, 5.74) is 8.36. The van der Waals surface area contributed by atoms with Crippen molar-refractivity contribution in [2.24, 2.45) is 11.5 Å². The second kappa shape index (κ2) is 7.09. The van der Waals surface area contributed by atoms with Crippen molar-refractivity contribution >= 4 is 11.6 Å². The zero-order valence-electron chi connectivity index (χ0n) is 12.9. The molecule has 6 N–H and O–H groups in total. The monoisotopic (exact) mass is 355 g/mol. The Morgan fingerprint density at radius 3 is 2.28 bits per heavy atom. The maximum absolute atomic E-state index is 12.7. The van der Waals surface area contributed by atoms with E-state index in [1.54, 1.807) is 0 Å². The number of hydrogen-bond acceptors (Lipinski definition) is 5. The zero-order valence-corrected chi connectivity index (χ0v) is 12.9. The molecule has 0 unspecified atom stereocenters. The van der Waals surface area contributed by atoms with Gasteiger partial charge in [0.05, 0.1) is 12.2 Å². The predicted octanol–water partition coefficient (Wildman–Crippen LogP) is 2.04. The standard InChI is InChI=1S/C16H16F3N3O3/c17-16(18,19)10-2-1-3-13(8-10)25-12-6-4-11(5-7-12)22-14(24)15(20,21)9-23/h1-8,23H,9,20-21H2,(H,22,24). The molecule has 0 radical (unpaired) electrons. The van der Waals surface area contributed by atoms with Crippen LogP contribution in [-0.4, -0.2) is 23.3 Å². The minimum atomic E-state index is -4.46. The number of benzene rings is 2. The van der Waals surface area contributed by atoms with Crippen molar-refractivity contribution in [1.82, 2.24) is 0 Å². The van der Waals surface area contributed by atoms with Crippen LogP contribution in [0.2, 0.25) is 0 Å². The molecular formula is C16H16F3N3O3. The number of amides is 1. The van der Waals surface area contributed by atoms with E-state index in [0.717, 1.165) is 12.1 Å². The summed E-state index contributed by atoms with van der Waals surface area (Å²) in [7, 11) is 0. The van der Waals surface area contributed by atoms with E-state index in [9.17, 15) is 18.0 Å². The van der Waals surface area contributed by atoms with Crippen LogP contribution in [0.5, 0.6) is 11.5 Å². The van der Waals surface area contributed by atoms with Crippen molar-refractivity contribution in [3.63, 3.8) is 0 Å². The van der Waals surface area contributed by atoms with E-state index in [-0.39, 0.29) is 11.5 Å². The van der Waals surface area contributed by atoms with Crippen LogP contribution in [-0.2, 0) is 11.0 Å². The first-order chi connectivity index (χ1) is 11.6. The fraction of sp³-hybridized carbons (Fsp3) is 0.188. The van der Waals surface area contributed by atoms with E-state index in [2.05, 4.69) is 5.32 Å². The molecule has 0 spiro atoms. The zero-order chi connectivity index (χ0) is 18.7. The third-order valence-electron chi connectivity index (χ3n) is 3.19. The number of aliphatic hydroxyl groups is 1. The molecule has 6 nitrogen and oxygen atoms in total. The van der Waals surface area contributed by atoms with Crippen molar-refractivity contribution in [3.05, 3.63) is 54.1 Å². The first-order valence-electron chi connectivity index (χ1n) is 7.07. The predicted molar refractivity (Wildman–Crippen MR) is 84.8 cm³/mol. The normalized spacial score (nSPS) is 11.9. The van der Waals surface area contributed by atoms with Crippen molar-refractivity contribution < 1.29 is 27.8 Å². The third kappa shape index (κ3) is 4.92. The highest BCUT2D eigenvalue weighted by atomic mass is 19.4. The Hall–Kier alpha value is -2.62. The molecule has 0 saturated carbocycles. The Morgan fingerprint density at radius 2 is 1.72 bits per heavy atom. The average Bonchev–Trinajstić information content (AvgIpc) is 2.56. The first-order valence-corrected chi connectivity index (χ1v) is 7.07. The van der Waals surface area contributed by atoms with E-state index in [4.69, 9.17) is 21.3 Å². The number of rotatable bonds is 5. The molecule has 2 rings (SSSR count). The summed E-state index contributed by atoms with van der Waals surface area (Å²) < 4.78 is 43.4. The number of anilines is 1. The number of nitrogens with one attached hydrogen (secondary N) is 1. The Kier molecular flexibility index (Phi) is 5.31. The molecule has 25 heavy (non-hydrogen) atoms. The maximum atomic E-state index is 12.7. The number of alkyl halides is 3. The number of nitrogens with two attached hydrogens (primary N) is 2. The van der Waals surface area contributed by atoms with Gasteiger partial charge in [-0.15, -0.1) is 0 Å². The van der Waals surface area contributed by atoms with Crippen LogP contribution in [0.4, 0.5) is 18.9 Å². The highest BCUT2D eigenvalue weighted by Gasteiger charge is 2.30. The molecule has 0 aliphatic rings. The lowest BCUT2D eigenvalue weighted by atomic mass is 10.2. The van der Waals surface area contributed by atoms with E-state index in [0.29, 0.717) is 5.69 Å². The number of hydrogen-bond donors (Lipinski definition) is 4. The first kappa shape index (κ1) is 18.7. The van der Waals surface area contributed by atoms with E-state index < -0.39 is 29.9 Å².